The first-order chi connectivity index (χ1) is 11.9. The first-order valence-corrected chi connectivity index (χ1v) is 8.97. The number of aromatic hydroxyl groups is 1. The Kier molecular flexibility index (Phi) is 9.17. The van der Waals surface area contributed by atoms with Crippen molar-refractivity contribution in [1.29, 1.82) is 0 Å². The first-order valence-electron chi connectivity index (χ1n) is 8.97. The van der Waals surface area contributed by atoms with Gasteiger partial charge in [-0.15, -0.1) is 0 Å². The largest absolute Gasteiger partial charge is 3.00 e. The van der Waals surface area contributed by atoms with E-state index in [1.54, 1.807) is 0 Å². The second-order valence-electron chi connectivity index (χ2n) is 7.86. The van der Waals surface area contributed by atoms with Crippen molar-refractivity contribution in [3.63, 3.8) is 0 Å². The van der Waals surface area contributed by atoms with E-state index in [9.17, 15) is 5.11 Å². The Morgan fingerprint density at radius 2 is 1.31 bits per heavy atom. The first kappa shape index (κ1) is 27.2. The smallest absolute Gasteiger partial charge is 0.507 e. The predicted octanol–water partition coefficient (Wildman–Crippen LogP) is 7.84. The van der Waals surface area contributed by atoms with Crippen LogP contribution >= 0.6 is 0 Å². The van der Waals surface area contributed by atoms with Gasteiger partial charge in [0.2, 0.25) is 0 Å². The van der Waals surface area contributed by atoms with E-state index in [-0.39, 0.29) is 49.4 Å². The molecular weight excluding hydrogens is 388 g/mol. The summed E-state index contributed by atoms with van der Waals surface area (Å²) >= 11 is 0. The van der Waals surface area contributed by atoms with E-state index < -0.39 is 0 Å². The minimum atomic E-state index is -0.0184. The van der Waals surface area contributed by atoms with E-state index in [1.807, 2.05) is 12.1 Å². The summed E-state index contributed by atoms with van der Waals surface area (Å²) in [6, 6.07) is 21.3. The molecule has 0 unspecified atom stereocenters. The van der Waals surface area contributed by atoms with Crippen LogP contribution in [0.3, 0.4) is 0 Å². The molecule has 2 heteroatoms. The molecule has 0 saturated carbocycles. The van der Waals surface area contributed by atoms with Gasteiger partial charge in [-0.2, -0.15) is 0 Å². The van der Waals surface area contributed by atoms with Crippen molar-refractivity contribution in [2.75, 3.05) is 0 Å². The molecule has 0 aliphatic heterocycles. The Morgan fingerprint density at radius 1 is 0.724 bits per heavy atom. The number of phenolic OH excluding ortho intramolecular Hbond substituents is 1. The maximum absolute atomic E-state index is 10.5. The van der Waals surface area contributed by atoms with Crippen LogP contribution in [0.2, 0.25) is 0 Å². The van der Waals surface area contributed by atoms with Crippen molar-refractivity contribution in [2.45, 2.75) is 39.0 Å². The summed E-state index contributed by atoms with van der Waals surface area (Å²) in [4.78, 5) is 0. The third kappa shape index (κ3) is 4.37. The Bertz CT molecular complexity index is 970. The minimum absolute atomic E-state index is 0. The summed E-state index contributed by atoms with van der Waals surface area (Å²) in [5, 5.41) is 10.5. The van der Waals surface area contributed by atoms with Gasteiger partial charge in [0.1, 0.15) is 5.75 Å². The fraction of sp³-hybridized carbons (Fsp3) is 0.222. The molecule has 0 spiro atoms. The van der Waals surface area contributed by atoms with Crippen LogP contribution in [0.5, 0.6) is 5.75 Å². The van der Waals surface area contributed by atoms with Crippen molar-refractivity contribution in [3.8, 4) is 28.0 Å². The molecule has 0 bridgehead atoms. The normalized spacial score (nSPS) is 12.4. The summed E-state index contributed by atoms with van der Waals surface area (Å²) in [5.41, 5.74) is 8.47. The van der Waals surface area contributed by atoms with Gasteiger partial charge >= 0.3 is 21.7 Å². The standard InChI is InChI=1S/C24H24O.3CH3.Ti/c1-15(2)16-9-11-18(23(25)14-16)17-10-12-20-19-7-5-6-8-21(19)24(3,4)22(20)13-17;;;;/h5-15,25H,1-4H3;3*1H3;/q;3*-1;+3. The molecule has 29 heavy (non-hydrogen) atoms. The van der Waals surface area contributed by atoms with Crippen molar-refractivity contribution < 1.29 is 26.8 Å². The van der Waals surface area contributed by atoms with Gasteiger partial charge in [-0.25, -0.2) is 0 Å². The van der Waals surface area contributed by atoms with E-state index in [2.05, 4.69) is 76.2 Å². The van der Waals surface area contributed by atoms with Gasteiger partial charge in [0.15, 0.2) is 0 Å². The monoisotopic (exact) mass is 421 g/mol. The van der Waals surface area contributed by atoms with Gasteiger partial charge in [0.25, 0.3) is 0 Å². The molecule has 1 N–H and O–H groups in total. The molecule has 1 aliphatic rings. The molecule has 151 valence electrons. The minimum Gasteiger partial charge on any atom is -0.507 e. The quantitative estimate of drug-likeness (QED) is 0.330. The number of hydrogen-bond donors (Lipinski definition) is 1. The van der Waals surface area contributed by atoms with Crippen LogP contribution < -0.4 is 0 Å². The fourth-order valence-corrected chi connectivity index (χ4v) is 4.02. The number of fused-ring (bicyclic) bond motifs is 3. The molecule has 1 nitrogen and oxygen atoms in total. The van der Waals surface area contributed by atoms with Crippen LogP contribution in [0.25, 0.3) is 22.3 Å². The van der Waals surface area contributed by atoms with Gasteiger partial charge in [0, 0.05) is 11.0 Å². The molecule has 0 fully saturated rings. The van der Waals surface area contributed by atoms with Gasteiger partial charge in [-0.05, 0) is 51.4 Å². The molecule has 3 aromatic rings. The number of rotatable bonds is 2. The third-order valence-corrected chi connectivity index (χ3v) is 5.58. The van der Waals surface area contributed by atoms with Gasteiger partial charge < -0.3 is 27.4 Å². The molecule has 1 radical (unpaired) electrons. The second-order valence-corrected chi connectivity index (χ2v) is 7.86. The predicted molar refractivity (Wildman–Crippen MR) is 124 cm³/mol. The van der Waals surface area contributed by atoms with Gasteiger partial charge in [0.05, 0.1) is 0 Å². The number of benzene rings is 3. The summed E-state index contributed by atoms with van der Waals surface area (Å²) in [6.07, 6.45) is 0. The molecule has 0 heterocycles. The summed E-state index contributed by atoms with van der Waals surface area (Å²) < 4.78 is 0. The molecular formula is C27H33OTi. The summed E-state index contributed by atoms with van der Waals surface area (Å²) in [7, 11) is 0. The molecule has 3 aromatic carbocycles. The summed E-state index contributed by atoms with van der Waals surface area (Å²) in [6.45, 7) is 8.85. The van der Waals surface area contributed by atoms with Gasteiger partial charge in [-0.3, -0.25) is 0 Å². The van der Waals surface area contributed by atoms with E-state index in [0.717, 1.165) is 16.7 Å². The van der Waals surface area contributed by atoms with Gasteiger partial charge in [-0.1, -0.05) is 76.2 Å². The number of phenols is 1. The Hall–Kier alpha value is -1.83. The zero-order chi connectivity index (χ0) is 17.8. The van der Waals surface area contributed by atoms with Crippen LogP contribution in [0.4, 0.5) is 0 Å². The Labute approximate surface area is 193 Å². The van der Waals surface area contributed by atoms with E-state index >= 15 is 0 Å². The Balaban J connectivity index is 0.00000196. The average Bonchev–Trinajstić information content (AvgIpc) is 2.83. The van der Waals surface area contributed by atoms with Crippen molar-refractivity contribution >= 4 is 0 Å². The van der Waals surface area contributed by atoms with Crippen LogP contribution in [-0.2, 0) is 27.1 Å². The number of hydrogen-bond acceptors (Lipinski definition) is 1. The van der Waals surface area contributed by atoms with Crippen LogP contribution in [-0.4, -0.2) is 5.11 Å². The zero-order valence-corrected chi connectivity index (χ0v) is 20.4. The maximum Gasteiger partial charge on any atom is 3.00 e. The molecule has 0 aromatic heterocycles. The van der Waals surface area contributed by atoms with Crippen LogP contribution in [0.1, 0.15) is 50.3 Å². The van der Waals surface area contributed by atoms with E-state index in [0.29, 0.717) is 11.7 Å². The molecule has 0 atom stereocenters. The zero-order valence-electron chi connectivity index (χ0n) is 18.8. The van der Waals surface area contributed by atoms with Crippen LogP contribution in [0.15, 0.2) is 60.7 Å². The molecule has 0 amide bonds. The van der Waals surface area contributed by atoms with E-state index in [4.69, 9.17) is 0 Å². The molecule has 0 saturated heterocycles. The van der Waals surface area contributed by atoms with Crippen molar-refractivity contribution in [3.05, 3.63) is 99.6 Å². The topological polar surface area (TPSA) is 20.2 Å². The van der Waals surface area contributed by atoms with E-state index in [1.165, 1.54) is 22.3 Å². The van der Waals surface area contributed by atoms with Crippen molar-refractivity contribution in [1.82, 2.24) is 0 Å². The maximum atomic E-state index is 10.5. The fourth-order valence-electron chi connectivity index (χ4n) is 4.02. The SMILES string of the molecule is CC(C)c1ccc(-c2ccc3c(c2)C(C)(C)c2ccccc2-3)c(O)c1.[CH3-].[CH3-].[CH3-].[Ti+3]. The second kappa shape index (κ2) is 9.78. The third-order valence-electron chi connectivity index (χ3n) is 5.58. The molecule has 4 rings (SSSR count). The average molecular weight is 421 g/mol. The van der Waals surface area contributed by atoms with Crippen LogP contribution in [0, 0.1) is 22.3 Å². The molecule has 1 aliphatic carbocycles. The van der Waals surface area contributed by atoms with Crippen molar-refractivity contribution in [2.24, 2.45) is 0 Å². The summed E-state index contributed by atoms with van der Waals surface area (Å²) in [5.74, 6) is 0.771. The Morgan fingerprint density at radius 3 is 1.93 bits per heavy atom.